The number of carbonyl (C=O) groups excluding carboxylic acids is 1. The first-order valence-electron chi connectivity index (χ1n) is 6.31. The Morgan fingerprint density at radius 1 is 1.42 bits per heavy atom. The number of hydrogen-bond donors (Lipinski definition) is 3. The van der Waals surface area contributed by atoms with Gasteiger partial charge in [0.15, 0.2) is 0 Å². The molecule has 2 rings (SSSR count). The molecular formula is C14H18N4O. The van der Waals surface area contributed by atoms with Gasteiger partial charge < -0.3 is 11.1 Å². The van der Waals surface area contributed by atoms with Crippen molar-refractivity contribution in [1.82, 2.24) is 15.5 Å². The molecule has 0 aliphatic carbocycles. The Kier molecular flexibility index (Phi) is 4.30. The Labute approximate surface area is 112 Å². The van der Waals surface area contributed by atoms with Gasteiger partial charge in [0.05, 0.1) is 5.69 Å². The summed E-state index contributed by atoms with van der Waals surface area (Å²) in [6.07, 6.45) is 0.755. The highest BCUT2D eigenvalue weighted by atomic mass is 16.1. The molecular weight excluding hydrogens is 240 g/mol. The van der Waals surface area contributed by atoms with E-state index < -0.39 is 0 Å². The minimum absolute atomic E-state index is 0.0851. The first kappa shape index (κ1) is 13.3. The smallest absolute Gasteiger partial charge is 0.269 e. The van der Waals surface area contributed by atoms with Crippen molar-refractivity contribution >= 4 is 5.91 Å². The van der Waals surface area contributed by atoms with Gasteiger partial charge in [0.2, 0.25) is 0 Å². The molecule has 1 heterocycles. The van der Waals surface area contributed by atoms with E-state index in [0.29, 0.717) is 12.2 Å². The summed E-state index contributed by atoms with van der Waals surface area (Å²) in [5.74, 6) is -0.157. The molecule has 1 unspecified atom stereocenters. The summed E-state index contributed by atoms with van der Waals surface area (Å²) in [6, 6.07) is 11.6. The minimum Gasteiger partial charge on any atom is -0.351 e. The Hall–Kier alpha value is -2.14. The predicted octanol–water partition coefficient (Wildman–Crippen LogP) is 1.54. The second-order valence-electron chi connectivity index (χ2n) is 4.55. The van der Waals surface area contributed by atoms with Gasteiger partial charge in [-0.1, -0.05) is 30.3 Å². The Morgan fingerprint density at radius 3 is 2.84 bits per heavy atom. The van der Waals surface area contributed by atoms with Gasteiger partial charge in [-0.25, -0.2) is 0 Å². The summed E-state index contributed by atoms with van der Waals surface area (Å²) >= 11 is 0. The molecule has 1 amide bonds. The van der Waals surface area contributed by atoms with E-state index in [4.69, 9.17) is 5.73 Å². The molecule has 1 aromatic heterocycles. The lowest BCUT2D eigenvalue weighted by Crippen LogP contribution is -2.29. The van der Waals surface area contributed by atoms with Gasteiger partial charge in [-0.15, -0.1) is 0 Å². The van der Waals surface area contributed by atoms with E-state index in [-0.39, 0.29) is 11.9 Å². The molecule has 0 bridgehead atoms. The quantitative estimate of drug-likeness (QED) is 0.760. The summed E-state index contributed by atoms with van der Waals surface area (Å²) in [7, 11) is 0. The molecule has 0 aliphatic rings. The van der Waals surface area contributed by atoms with Gasteiger partial charge in [-0.2, -0.15) is 5.10 Å². The molecule has 4 N–H and O–H groups in total. The third kappa shape index (κ3) is 3.66. The first-order valence-corrected chi connectivity index (χ1v) is 6.31. The van der Waals surface area contributed by atoms with Gasteiger partial charge >= 0.3 is 0 Å². The fourth-order valence-electron chi connectivity index (χ4n) is 1.70. The van der Waals surface area contributed by atoms with Crippen LogP contribution in [0.1, 0.15) is 23.8 Å². The molecule has 5 heteroatoms. The maximum atomic E-state index is 11.8. The van der Waals surface area contributed by atoms with Crippen LogP contribution in [0.5, 0.6) is 0 Å². The van der Waals surface area contributed by atoms with Gasteiger partial charge in [0, 0.05) is 18.2 Å². The number of carbonyl (C=O) groups is 1. The average molecular weight is 258 g/mol. The molecule has 19 heavy (non-hydrogen) atoms. The molecule has 0 radical (unpaired) electrons. The fraction of sp³-hybridized carbons (Fsp3) is 0.286. The van der Waals surface area contributed by atoms with Crippen LogP contribution in [0.3, 0.4) is 0 Å². The zero-order valence-corrected chi connectivity index (χ0v) is 10.9. The number of aromatic nitrogens is 2. The number of nitrogens with zero attached hydrogens (tertiary/aromatic N) is 1. The summed E-state index contributed by atoms with van der Waals surface area (Å²) in [6.45, 7) is 2.48. The molecule has 0 aliphatic heterocycles. The molecule has 1 atom stereocenters. The second kappa shape index (κ2) is 6.15. The zero-order chi connectivity index (χ0) is 13.7. The number of aromatic amines is 1. The number of benzene rings is 1. The number of nitrogens with two attached hydrogens (primary N) is 1. The number of hydrogen-bond acceptors (Lipinski definition) is 3. The van der Waals surface area contributed by atoms with E-state index in [0.717, 1.165) is 17.7 Å². The van der Waals surface area contributed by atoms with Crippen LogP contribution in [0.4, 0.5) is 0 Å². The molecule has 1 aromatic carbocycles. The average Bonchev–Trinajstić information content (AvgIpc) is 2.89. The summed E-state index contributed by atoms with van der Waals surface area (Å²) < 4.78 is 0. The summed E-state index contributed by atoms with van der Waals surface area (Å²) in [4.78, 5) is 11.8. The van der Waals surface area contributed by atoms with E-state index in [2.05, 4.69) is 15.5 Å². The maximum absolute atomic E-state index is 11.8. The van der Waals surface area contributed by atoms with Crippen LogP contribution in [-0.2, 0) is 0 Å². The molecule has 0 saturated carbocycles. The molecule has 100 valence electrons. The number of nitrogens with one attached hydrogen (secondary N) is 2. The molecule has 2 aromatic rings. The highest BCUT2D eigenvalue weighted by molar-refractivity contribution is 5.93. The fourth-order valence-corrected chi connectivity index (χ4v) is 1.70. The lowest BCUT2D eigenvalue weighted by atomic mass is 10.1. The van der Waals surface area contributed by atoms with E-state index >= 15 is 0 Å². The Morgan fingerprint density at radius 2 is 2.16 bits per heavy atom. The maximum Gasteiger partial charge on any atom is 0.269 e. The Bertz CT molecular complexity index is 533. The van der Waals surface area contributed by atoms with Crippen LogP contribution in [0, 0.1) is 0 Å². The van der Waals surface area contributed by atoms with Crippen molar-refractivity contribution in [3.05, 3.63) is 42.1 Å². The highest BCUT2D eigenvalue weighted by Crippen LogP contribution is 2.16. The van der Waals surface area contributed by atoms with Gasteiger partial charge in [-0.05, 0) is 19.4 Å². The first-order chi connectivity index (χ1) is 9.16. The molecule has 0 saturated heterocycles. The normalized spacial score (nSPS) is 12.1. The molecule has 5 nitrogen and oxygen atoms in total. The lowest BCUT2D eigenvalue weighted by molar-refractivity contribution is 0.0948. The topological polar surface area (TPSA) is 83.8 Å². The van der Waals surface area contributed by atoms with Gasteiger partial charge in [0.25, 0.3) is 5.91 Å². The van der Waals surface area contributed by atoms with Crippen LogP contribution >= 0.6 is 0 Å². The largest absolute Gasteiger partial charge is 0.351 e. The van der Waals surface area contributed by atoms with E-state index in [1.54, 1.807) is 6.07 Å². The summed E-state index contributed by atoms with van der Waals surface area (Å²) in [5, 5.41) is 9.69. The van der Waals surface area contributed by atoms with E-state index in [1.165, 1.54) is 0 Å². The van der Waals surface area contributed by atoms with Crippen molar-refractivity contribution in [2.75, 3.05) is 6.54 Å². The Balaban J connectivity index is 1.99. The number of H-pyrrole nitrogens is 1. The monoisotopic (exact) mass is 258 g/mol. The summed E-state index contributed by atoms with van der Waals surface area (Å²) in [5.41, 5.74) is 7.83. The zero-order valence-electron chi connectivity index (χ0n) is 10.9. The minimum atomic E-state index is -0.157. The van der Waals surface area contributed by atoms with Crippen molar-refractivity contribution in [3.63, 3.8) is 0 Å². The lowest BCUT2D eigenvalue weighted by Gasteiger charge is -2.05. The van der Waals surface area contributed by atoms with Crippen LogP contribution in [0.25, 0.3) is 11.3 Å². The van der Waals surface area contributed by atoms with E-state index in [1.807, 2.05) is 37.3 Å². The number of amides is 1. The van der Waals surface area contributed by atoms with Crippen molar-refractivity contribution in [2.24, 2.45) is 5.73 Å². The number of rotatable bonds is 5. The van der Waals surface area contributed by atoms with Crippen LogP contribution in [0.15, 0.2) is 36.4 Å². The molecule has 0 spiro atoms. The van der Waals surface area contributed by atoms with Crippen molar-refractivity contribution in [2.45, 2.75) is 19.4 Å². The van der Waals surface area contributed by atoms with Gasteiger partial charge in [-0.3, -0.25) is 9.89 Å². The van der Waals surface area contributed by atoms with Crippen LogP contribution in [-0.4, -0.2) is 28.7 Å². The predicted molar refractivity (Wildman–Crippen MR) is 74.6 cm³/mol. The van der Waals surface area contributed by atoms with Crippen molar-refractivity contribution in [3.8, 4) is 11.3 Å². The van der Waals surface area contributed by atoms with Crippen LogP contribution < -0.4 is 11.1 Å². The van der Waals surface area contributed by atoms with Gasteiger partial charge in [0.1, 0.15) is 5.69 Å². The van der Waals surface area contributed by atoms with Crippen molar-refractivity contribution < 1.29 is 4.79 Å². The highest BCUT2D eigenvalue weighted by Gasteiger charge is 2.10. The van der Waals surface area contributed by atoms with E-state index in [9.17, 15) is 4.79 Å². The van der Waals surface area contributed by atoms with Crippen LogP contribution in [0.2, 0.25) is 0 Å². The van der Waals surface area contributed by atoms with Crippen molar-refractivity contribution in [1.29, 1.82) is 0 Å². The second-order valence-corrected chi connectivity index (χ2v) is 4.55. The third-order valence-corrected chi connectivity index (χ3v) is 2.78. The SMILES string of the molecule is CC(N)CCNC(=O)c1cc(-c2ccccc2)n[nH]1. The molecule has 0 fully saturated rings. The third-order valence-electron chi connectivity index (χ3n) is 2.78. The standard InChI is InChI=1S/C14H18N4O/c1-10(15)7-8-16-14(19)13-9-12(17-18-13)11-5-3-2-4-6-11/h2-6,9-10H,7-8,15H2,1H3,(H,16,19)(H,17,18).